The van der Waals surface area contributed by atoms with E-state index in [1.54, 1.807) is 13.1 Å². The summed E-state index contributed by atoms with van der Waals surface area (Å²) in [6.07, 6.45) is 1.79. The Morgan fingerprint density at radius 2 is 1.75 bits per heavy atom. The molecule has 3 aromatic rings. The molecule has 5 nitrogen and oxygen atoms in total. The van der Waals surface area contributed by atoms with Crippen LogP contribution in [0.25, 0.3) is 10.9 Å². The van der Waals surface area contributed by atoms with E-state index in [2.05, 4.69) is 24.4 Å². The van der Waals surface area contributed by atoms with E-state index in [4.69, 9.17) is 4.74 Å². The number of carbonyl (C=O) groups is 2. The SMILES string of the molecule is CC[C@@H](CNC(=O)[C@@H](C)OC(=O)c1cn(C)c2ccccc12)c1ccccc1. The third kappa shape index (κ3) is 4.25. The van der Waals surface area contributed by atoms with Gasteiger partial charge >= 0.3 is 5.97 Å². The van der Waals surface area contributed by atoms with Crippen molar-refractivity contribution >= 4 is 22.8 Å². The number of aromatic nitrogens is 1. The molecule has 0 aliphatic heterocycles. The fourth-order valence-electron chi connectivity index (χ4n) is 3.37. The lowest BCUT2D eigenvalue weighted by Gasteiger charge is -2.18. The Balaban J connectivity index is 1.61. The number of benzene rings is 2. The molecule has 0 unspecified atom stereocenters. The van der Waals surface area contributed by atoms with Crippen LogP contribution in [-0.2, 0) is 16.6 Å². The van der Waals surface area contributed by atoms with Gasteiger partial charge < -0.3 is 14.6 Å². The van der Waals surface area contributed by atoms with E-state index >= 15 is 0 Å². The summed E-state index contributed by atoms with van der Waals surface area (Å²) in [7, 11) is 1.88. The number of nitrogens with zero attached hydrogens (tertiary/aromatic N) is 1. The number of hydrogen-bond acceptors (Lipinski definition) is 3. The second-order valence-electron chi connectivity index (χ2n) is 6.98. The molecule has 0 saturated carbocycles. The van der Waals surface area contributed by atoms with Gasteiger partial charge in [0.2, 0.25) is 0 Å². The molecular weight excluding hydrogens is 352 g/mol. The van der Waals surface area contributed by atoms with E-state index < -0.39 is 12.1 Å². The molecule has 146 valence electrons. The van der Waals surface area contributed by atoms with Gasteiger partial charge in [0, 0.05) is 36.6 Å². The molecule has 1 heterocycles. The minimum Gasteiger partial charge on any atom is -0.449 e. The first kappa shape index (κ1) is 19.7. The lowest BCUT2D eigenvalue weighted by Crippen LogP contribution is -2.38. The number of para-hydroxylation sites is 1. The number of ether oxygens (including phenoxy) is 1. The predicted molar refractivity (Wildman–Crippen MR) is 110 cm³/mol. The lowest BCUT2D eigenvalue weighted by atomic mass is 9.96. The van der Waals surface area contributed by atoms with Crippen molar-refractivity contribution in [3.05, 3.63) is 71.9 Å². The molecule has 0 bridgehead atoms. The van der Waals surface area contributed by atoms with Gasteiger partial charge in [-0.2, -0.15) is 0 Å². The van der Waals surface area contributed by atoms with Crippen LogP contribution in [0.5, 0.6) is 0 Å². The minimum atomic E-state index is -0.861. The number of carbonyl (C=O) groups excluding carboxylic acids is 2. The highest BCUT2D eigenvalue weighted by atomic mass is 16.5. The number of aryl methyl sites for hydroxylation is 1. The highest BCUT2D eigenvalue weighted by Crippen LogP contribution is 2.22. The maximum absolute atomic E-state index is 12.6. The molecule has 0 radical (unpaired) electrons. The Bertz CT molecular complexity index is 962. The van der Waals surface area contributed by atoms with Gasteiger partial charge in [-0.3, -0.25) is 4.79 Å². The summed E-state index contributed by atoms with van der Waals surface area (Å²) < 4.78 is 7.30. The van der Waals surface area contributed by atoms with Crippen molar-refractivity contribution in [3.63, 3.8) is 0 Å². The number of amides is 1. The van der Waals surface area contributed by atoms with Gasteiger partial charge in [-0.15, -0.1) is 0 Å². The van der Waals surface area contributed by atoms with Crippen molar-refractivity contribution in [2.75, 3.05) is 6.54 Å². The molecule has 1 N–H and O–H groups in total. The van der Waals surface area contributed by atoms with Crippen LogP contribution in [0, 0.1) is 0 Å². The normalized spacial score (nSPS) is 13.1. The van der Waals surface area contributed by atoms with Crippen LogP contribution < -0.4 is 5.32 Å². The zero-order chi connectivity index (χ0) is 20.1. The van der Waals surface area contributed by atoms with Crippen LogP contribution in [0.2, 0.25) is 0 Å². The molecule has 0 spiro atoms. The number of hydrogen-bond donors (Lipinski definition) is 1. The maximum Gasteiger partial charge on any atom is 0.341 e. The Morgan fingerprint density at radius 3 is 2.46 bits per heavy atom. The smallest absolute Gasteiger partial charge is 0.341 e. The van der Waals surface area contributed by atoms with Gasteiger partial charge in [-0.1, -0.05) is 55.5 Å². The Hall–Kier alpha value is -3.08. The van der Waals surface area contributed by atoms with Crippen LogP contribution in [-0.4, -0.2) is 29.1 Å². The van der Waals surface area contributed by atoms with Gasteiger partial charge in [0.05, 0.1) is 5.56 Å². The molecule has 1 amide bonds. The van der Waals surface area contributed by atoms with E-state index in [0.29, 0.717) is 12.1 Å². The summed E-state index contributed by atoms with van der Waals surface area (Å²) in [5.74, 6) is -0.552. The molecule has 1 aromatic heterocycles. The first-order chi connectivity index (χ1) is 13.5. The van der Waals surface area contributed by atoms with E-state index in [1.807, 2.05) is 54.1 Å². The molecule has 0 saturated heterocycles. The number of nitrogens with one attached hydrogen (secondary N) is 1. The monoisotopic (exact) mass is 378 g/mol. The molecular formula is C23H26N2O3. The molecule has 0 aliphatic rings. The van der Waals surface area contributed by atoms with Gasteiger partial charge in [0.25, 0.3) is 5.91 Å². The molecule has 0 fully saturated rings. The van der Waals surface area contributed by atoms with E-state index in [1.165, 1.54) is 5.56 Å². The van der Waals surface area contributed by atoms with Crippen LogP contribution in [0.4, 0.5) is 0 Å². The van der Waals surface area contributed by atoms with E-state index in [9.17, 15) is 9.59 Å². The fraction of sp³-hybridized carbons (Fsp3) is 0.304. The number of rotatable bonds is 7. The average molecular weight is 378 g/mol. The van der Waals surface area contributed by atoms with Crippen LogP contribution >= 0.6 is 0 Å². The first-order valence-electron chi connectivity index (χ1n) is 9.59. The van der Waals surface area contributed by atoms with E-state index in [0.717, 1.165) is 17.3 Å². The number of fused-ring (bicyclic) bond motifs is 1. The third-order valence-electron chi connectivity index (χ3n) is 5.06. The van der Waals surface area contributed by atoms with Gasteiger partial charge in [0.15, 0.2) is 6.10 Å². The number of esters is 1. The molecule has 5 heteroatoms. The van der Waals surface area contributed by atoms with Crippen molar-refractivity contribution in [3.8, 4) is 0 Å². The quantitative estimate of drug-likeness (QED) is 0.632. The van der Waals surface area contributed by atoms with Crippen molar-refractivity contribution in [1.29, 1.82) is 0 Å². The van der Waals surface area contributed by atoms with E-state index in [-0.39, 0.29) is 11.8 Å². The van der Waals surface area contributed by atoms with Gasteiger partial charge in [-0.05, 0) is 25.0 Å². The summed E-state index contributed by atoms with van der Waals surface area (Å²) in [6.45, 7) is 4.20. The molecule has 2 atom stereocenters. The van der Waals surface area contributed by atoms with Gasteiger partial charge in [-0.25, -0.2) is 4.79 Å². The minimum absolute atomic E-state index is 0.228. The van der Waals surface area contributed by atoms with Crippen molar-refractivity contribution < 1.29 is 14.3 Å². The molecule has 2 aromatic carbocycles. The largest absolute Gasteiger partial charge is 0.449 e. The van der Waals surface area contributed by atoms with Gasteiger partial charge in [0.1, 0.15) is 0 Å². The zero-order valence-corrected chi connectivity index (χ0v) is 16.5. The second kappa shape index (κ2) is 8.74. The summed E-state index contributed by atoms with van der Waals surface area (Å²) in [5.41, 5.74) is 2.60. The van der Waals surface area contributed by atoms with Crippen molar-refractivity contribution in [2.45, 2.75) is 32.3 Å². The molecule has 28 heavy (non-hydrogen) atoms. The van der Waals surface area contributed by atoms with Crippen molar-refractivity contribution in [1.82, 2.24) is 9.88 Å². The maximum atomic E-state index is 12.6. The topological polar surface area (TPSA) is 60.3 Å². The summed E-state index contributed by atoms with van der Waals surface area (Å²) in [4.78, 5) is 25.0. The van der Waals surface area contributed by atoms with Crippen molar-refractivity contribution in [2.24, 2.45) is 7.05 Å². The van der Waals surface area contributed by atoms with Crippen LogP contribution in [0.3, 0.4) is 0 Å². The molecule has 0 aliphatic carbocycles. The average Bonchev–Trinajstić information content (AvgIpc) is 3.06. The van der Waals surface area contributed by atoms with Crippen LogP contribution in [0.1, 0.15) is 42.1 Å². The Labute approximate surface area is 165 Å². The zero-order valence-electron chi connectivity index (χ0n) is 16.5. The summed E-state index contributed by atoms with van der Waals surface area (Å²) in [5, 5.41) is 3.73. The standard InChI is InChI=1S/C23H26N2O3/c1-4-17(18-10-6-5-7-11-18)14-24-22(26)16(2)28-23(27)20-15-25(3)21-13-9-8-12-19(20)21/h5-13,15-17H,4,14H2,1-3H3,(H,24,26)/t16-,17+/m1/s1. The summed E-state index contributed by atoms with van der Waals surface area (Å²) in [6, 6.07) is 17.7. The Morgan fingerprint density at radius 1 is 1.07 bits per heavy atom. The highest BCUT2D eigenvalue weighted by Gasteiger charge is 2.22. The van der Waals surface area contributed by atoms with Crippen LogP contribution in [0.15, 0.2) is 60.8 Å². The fourth-order valence-corrected chi connectivity index (χ4v) is 3.37. The first-order valence-corrected chi connectivity index (χ1v) is 9.59. The third-order valence-corrected chi connectivity index (χ3v) is 5.06. The highest BCUT2D eigenvalue weighted by molar-refractivity contribution is 6.05. The molecule has 3 rings (SSSR count). The second-order valence-corrected chi connectivity index (χ2v) is 6.98. The lowest BCUT2D eigenvalue weighted by molar-refractivity contribution is -0.129. The Kier molecular flexibility index (Phi) is 6.14. The summed E-state index contributed by atoms with van der Waals surface area (Å²) >= 11 is 0. The predicted octanol–water partition coefficient (Wildman–Crippen LogP) is 4.03.